The molecule has 2 rings (SSSR count). The summed E-state index contributed by atoms with van der Waals surface area (Å²) in [5.41, 5.74) is 2.44. The van der Waals surface area contributed by atoms with Crippen LogP contribution in [0.25, 0.3) is 0 Å². The highest BCUT2D eigenvalue weighted by atomic mass is 28.3. The van der Waals surface area contributed by atoms with E-state index in [1.165, 1.54) is 32.1 Å². The molecule has 0 bridgehead atoms. The summed E-state index contributed by atoms with van der Waals surface area (Å²) >= 11 is 0. The Morgan fingerprint density at radius 2 is 1.85 bits per heavy atom. The normalized spacial score (nSPS) is 13.8. The molecule has 0 amide bonds. The van der Waals surface area contributed by atoms with E-state index in [2.05, 4.69) is 42.9 Å². The van der Waals surface area contributed by atoms with E-state index in [1.807, 2.05) is 38.1 Å². The van der Waals surface area contributed by atoms with Gasteiger partial charge in [-0.25, -0.2) is 4.79 Å². The highest BCUT2D eigenvalue weighted by Crippen LogP contribution is 2.23. The maximum absolute atomic E-state index is 11.9. The Labute approximate surface area is 198 Å². The number of rotatable bonds is 12. The summed E-state index contributed by atoms with van der Waals surface area (Å²) in [6, 6.07) is 17.5. The van der Waals surface area contributed by atoms with Crippen LogP contribution in [-0.4, -0.2) is 40.2 Å². The van der Waals surface area contributed by atoms with Gasteiger partial charge in [0.05, 0.1) is 19.9 Å². The lowest BCUT2D eigenvalue weighted by Gasteiger charge is -2.26. The van der Waals surface area contributed by atoms with Gasteiger partial charge in [-0.2, -0.15) is 0 Å². The van der Waals surface area contributed by atoms with Crippen LogP contribution in [0.4, 0.5) is 0 Å². The van der Waals surface area contributed by atoms with E-state index in [0.717, 1.165) is 29.3 Å². The Morgan fingerprint density at radius 1 is 1.12 bits per heavy atom. The smallest absolute Gasteiger partial charge is 0.377 e. The van der Waals surface area contributed by atoms with Crippen molar-refractivity contribution in [3.63, 3.8) is 0 Å². The predicted molar refractivity (Wildman–Crippen MR) is 134 cm³/mol. The molecule has 0 aromatic heterocycles. The van der Waals surface area contributed by atoms with Crippen LogP contribution in [0.3, 0.4) is 0 Å². The number of nitrogens with zero attached hydrogens (tertiary/aromatic N) is 1. The standard InChI is InChI=1S/C26H35NO5Si/c1-7-8-16-33(6,23-12-10-9-11-13-23)19-31-27-21(3)22-15-14-20(2)24(17-22)32-25(18-29-4)26(28)30-5/h9-15,17-18H,7-8,16,19H2,1-6H3. The van der Waals surface area contributed by atoms with Crippen molar-refractivity contribution < 1.29 is 23.8 Å². The average Bonchev–Trinajstić information content (AvgIpc) is 2.83. The zero-order valence-corrected chi connectivity index (χ0v) is 21.5. The number of esters is 1. The number of hydrogen-bond donors (Lipinski definition) is 0. The molecule has 0 aliphatic carbocycles. The minimum Gasteiger partial charge on any atom is -0.500 e. The first kappa shape index (κ1) is 26.2. The van der Waals surface area contributed by atoms with E-state index < -0.39 is 14.0 Å². The molecular formula is C26H35NO5Si. The second-order valence-corrected chi connectivity index (χ2v) is 12.8. The van der Waals surface area contributed by atoms with Crippen LogP contribution in [0.1, 0.15) is 37.8 Å². The van der Waals surface area contributed by atoms with Crippen LogP contribution in [0.15, 0.2) is 65.7 Å². The summed E-state index contributed by atoms with van der Waals surface area (Å²) in [6.45, 7) is 8.37. The number of hydrogen-bond acceptors (Lipinski definition) is 6. The molecule has 0 saturated heterocycles. The number of oxime groups is 1. The quantitative estimate of drug-likeness (QED) is 0.108. The molecule has 0 heterocycles. The average molecular weight is 470 g/mol. The van der Waals surface area contributed by atoms with Crippen molar-refractivity contribution in [2.45, 2.75) is 46.2 Å². The second kappa shape index (κ2) is 12.8. The molecule has 7 heteroatoms. The van der Waals surface area contributed by atoms with Gasteiger partial charge in [-0.1, -0.05) is 85.2 Å². The fraction of sp³-hybridized carbons (Fsp3) is 0.385. The van der Waals surface area contributed by atoms with Gasteiger partial charge in [0.25, 0.3) is 0 Å². The van der Waals surface area contributed by atoms with Crippen molar-refractivity contribution in [2.24, 2.45) is 5.16 Å². The van der Waals surface area contributed by atoms with E-state index in [-0.39, 0.29) is 5.76 Å². The molecule has 0 aliphatic heterocycles. The molecule has 6 nitrogen and oxygen atoms in total. The molecule has 33 heavy (non-hydrogen) atoms. The Balaban J connectivity index is 2.18. The van der Waals surface area contributed by atoms with Crippen molar-refractivity contribution in [2.75, 3.05) is 20.4 Å². The molecule has 0 spiro atoms. The first-order chi connectivity index (χ1) is 15.8. The number of benzene rings is 2. The van der Waals surface area contributed by atoms with Gasteiger partial charge in [-0.05, 0) is 25.5 Å². The van der Waals surface area contributed by atoms with Crippen LogP contribution in [0.5, 0.6) is 5.75 Å². The lowest BCUT2D eigenvalue weighted by Crippen LogP contribution is -2.49. The Morgan fingerprint density at radius 3 is 2.48 bits per heavy atom. The van der Waals surface area contributed by atoms with Gasteiger partial charge >= 0.3 is 5.97 Å². The number of carbonyl (C=O) groups excluding carboxylic acids is 1. The molecule has 2 aromatic rings. The van der Waals surface area contributed by atoms with Gasteiger partial charge < -0.3 is 19.0 Å². The molecule has 0 aliphatic rings. The summed E-state index contributed by atoms with van der Waals surface area (Å²) in [7, 11) is 0.924. The topological polar surface area (TPSA) is 66.3 Å². The first-order valence-corrected chi connectivity index (χ1v) is 14.1. The SMILES string of the molecule is CCCC[Si](C)(CON=C(C)c1ccc(C)c(OC(=COC)C(=O)OC)c1)c1ccccc1. The van der Waals surface area contributed by atoms with Gasteiger partial charge in [0.2, 0.25) is 5.76 Å². The minimum atomic E-state index is -1.81. The van der Waals surface area contributed by atoms with Gasteiger partial charge in [-0.15, -0.1) is 0 Å². The number of aryl methyl sites for hydroxylation is 1. The van der Waals surface area contributed by atoms with E-state index in [9.17, 15) is 4.79 Å². The molecule has 0 radical (unpaired) electrons. The Kier molecular flexibility index (Phi) is 10.2. The maximum Gasteiger partial charge on any atom is 0.377 e. The van der Waals surface area contributed by atoms with E-state index >= 15 is 0 Å². The fourth-order valence-corrected chi connectivity index (χ4v) is 6.49. The van der Waals surface area contributed by atoms with Crippen LogP contribution in [0.2, 0.25) is 12.6 Å². The third kappa shape index (κ3) is 7.49. The summed E-state index contributed by atoms with van der Waals surface area (Å²) < 4.78 is 15.5. The largest absolute Gasteiger partial charge is 0.500 e. The van der Waals surface area contributed by atoms with Crippen LogP contribution >= 0.6 is 0 Å². The lowest BCUT2D eigenvalue weighted by atomic mass is 10.1. The Bertz CT molecular complexity index is 974. The van der Waals surface area contributed by atoms with Gasteiger partial charge in [0, 0.05) is 5.56 Å². The van der Waals surface area contributed by atoms with Gasteiger partial charge in [-0.3, -0.25) is 0 Å². The van der Waals surface area contributed by atoms with Crippen LogP contribution < -0.4 is 9.92 Å². The summed E-state index contributed by atoms with van der Waals surface area (Å²) in [4.78, 5) is 17.8. The van der Waals surface area contributed by atoms with Gasteiger partial charge in [0.15, 0.2) is 0 Å². The molecular weight excluding hydrogens is 434 g/mol. The molecule has 2 aromatic carbocycles. The minimum absolute atomic E-state index is 0.0355. The number of unbranched alkanes of at least 4 members (excludes halogenated alkanes) is 1. The first-order valence-electron chi connectivity index (χ1n) is 11.2. The maximum atomic E-state index is 11.9. The molecule has 1 atom stereocenters. The zero-order valence-electron chi connectivity index (χ0n) is 20.5. The highest BCUT2D eigenvalue weighted by Gasteiger charge is 2.30. The molecule has 0 saturated carbocycles. The number of ether oxygens (including phenoxy) is 3. The Hall–Kier alpha value is -3.06. The van der Waals surface area contributed by atoms with Crippen LogP contribution in [0, 0.1) is 6.92 Å². The molecule has 0 N–H and O–H groups in total. The lowest BCUT2D eigenvalue weighted by molar-refractivity contribution is -0.138. The van der Waals surface area contributed by atoms with Crippen molar-refractivity contribution in [1.82, 2.24) is 0 Å². The fourth-order valence-electron chi connectivity index (χ4n) is 3.41. The molecule has 178 valence electrons. The predicted octanol–water partition coefficient (Wildman–Crippen LogP) is 5.10. The zero-order chi connectivity index (χ0) is 24.3. The summed E-state index contributed by atoms with van der Waals surface area (Å²) in [5, 5.41) is 5.80. The third-order valence-electron chi connectivity index (χ3n) is 5.57. The number of carbonyl (C=O) groups is 1. The van der Waals surface area contributed by atoms with Crippen molar-refractivity contribution in [1.29, 1.82) is 0 Å². The summed E-state index contributed by atoms with van der Waals surface area (Å²) in [6.07, 6.45) is 4.18. The van der Waals surface area contributed by atoms with Gasteiger partial charge in [0.1, 0.15) is 26.3 Å². The highest BCUT2D eigenvalue weighted by molar-refractivity contribution is 6.90. The summed E-state index contributed by atoms with van der Waals surface area (Å²) in [5.74, 6) is -0.138. The number of methoxy groups -OCH3 is 2. The van der Waals surface area contributed by atoms with Crippen LogP contribution in [-0.2, 0) is 19.1 Å². The third-order valence-corrected chi connectivity index (χ3v) is 9.53. The van der Waals surface area contributed by atoms with Crippen molar-refractivity contribution in [3.8, 4) is 5.75 Å². The van der Waals surface area contributed by atoms with Crippen molar-refractivity contribution in [3.05, 3.63) is 71.7 Å². The van der Waals surface area contributed by atoms with E-state index in [0.29, 0.717) is 12.0 Å². The molecule has 0 fully saturated rings. The van der Waals surface area contributed by atoms with Crippen molar-refractivity contribution >= 4 is 24.9 Å². The van der Waals surface area contributed by atoms with E-state index in [1.54, 1.807) is 0 Å². The van der Waals surface area contributed by atoms with E-state index in [4.69, 9.17) is 19.0 Å². The molecule has 1 unspecified atom stereocenters. The monoisotopic (exact) mass is 469 g/mol. The second-order valence-electron chi connectivity index (χ2n) is 8.27.